The summed E-state index contributed by atoms with van der Waals surface area (Å²) in [6.45, 7) is 0.215. The average molecular weight is 291 g/mol. The third-order valence-corrected chi connectivity index (χ3v) is 3.26. The number of hydrogen-bond acceptors (Lipinski definition) is 5. The molecule has 1 aliphatic rings. The summed E-state index contributed by atoms with van der Waals surface area (Å²) in [6.07, 6.45) is 7.25. The molecule has 0 spiro atoms. The Morgan fingerprint density at radius 1 is 1.29 bits per heavy atom. The second-order valence-electron chi connectivity index (χ2n) is 4.87. The van der Waals surface area contributed by atoms with Crippen LogP contribution in [0.2, 0.25) is 0 Å². The van der Waals surface area contributed by atoms with Gasteiger partial charge in [-0.15, -0.1) is 0 Å². The highest BCUT2D eigenvalue weighted by atomic mass is 16.6. The number of non-ortho nitro benzene ring substituents is 1. The van der Waals surface area contributed by atoms with Crippen molar-refractivity contribution in [2.75, 3.05) is 13.2 Å². The number of hydrogen-bond donors (Lipinski definition) is 0. The highest BCUT2D eigenvalue weighted by Gasteiger charge is 2.13. The first-order chi connectivity index (χ1) is 10.1. The largest absolute Gasteiger partial charge is 0.482 e. The molecule has 1 aliphatic carbocycles. The van der Waals surface area contributed by atoms with Gasteiger partial charge < -0.3 is 9.47 Å². The highest BCUT2D eigenvalue weighted by molar-refractivity contribution is 5.71. The Kier molecular flexibility index (Phi) is 5.31. The van der Waals surface area contributed by atoms with Gasteiger partial charge in [-0.25, -0.2) is 4.79 Å². The summed E-state index contributed by atoms with van der Waals surface area (Å²) in [5, 5.41) is 10.5. The molecule has 6 nitrogen and oxygen atoms in total. The summed E-state index contributed by atoms with van der Waals surface area (Å²) in [4.78, 5) is 21.6. The molecular formula is C15H17NO5. The second kappa shape index (κ2) is 7.42. The zero-order chi connectivity index (χ0) is 15.1. The summed E-state index contributed by atoms with van der Waals surface area (Å²) in [6, 6.07) is 5.57. The molecule has 1 aromatic carbocycles. The molecular weight excluding hydrogens is 274 g/mol. The lowest BCUT2D eigenvalue weighted by Crippen LogP contribution is -2.20. The van der Waals surface area contributed by atoms with Gasteiger partial charge in [0.2, 0.25) is 0 Å². The van der Waals surface area contributed by atoms with Crippen LogP contribution in [0.5, 0.6) is 5.75 Å². The minimum absolute atomic E-state index is 0.0183. The Morgan fingerprint density at radius 2 is 2.05 bits per heavy atom. The number of rotatable bonds is 6. The van der Waals surface area contributed by atoms with Crippen LogP contribution in [0, 0.1) is 16.0 Å². The molecule has 112 valence electrons. The van der Waals surface area contributed by atoms with E-state index in [4.69, 9.17) is 9.47 Å². The molecule has 0 saturated heterocycles. The van der Waals surface area contributed by atoms with Crippen LogP contribution in [0.3, 0.4) is 0 Å². The number of nitro benzene ring substituents is 1. The van der Waals surface area contributed by atoms with Gasteiger partial charge in [-0.1, -0.05) is 12.2 Å². The van der Waals surface area contributed by atoms with Crippen LogP contribution in [0.4, 0.5) is 5.69 Å². The van der Waals surface area contributed by atoms with Gasteiger partial charge >= 0.3 is 5.97 Å². The Hall–Kier alpha value is -2.37. The smallest absolute Gasteiger partial charge is 0.344 e. The van der Waals surface area contributed by atoms with Gasteiger partial charge in [0.1, 0.15) is 5.75 Å². The van der Waals surface area contributed by atoms with Crippen molar-refractivity contribution in [2.24, 2.45) is 5.92 Å². The van der Waals surface area contributed by atoms with Gasteiger partial charge in [0.05, 0.1) is 11.5 Å². The first-order valence-corrected chi connectivity index (χ1v) is 6.83. The second-order valence-corrected chi connectivity index (χ2v) is 4.87. The lowest BCUT2D eigenvalue weighted by atomic mass is 9.95. The monoisotopic (exact) mass is 291 g/mol. The van der Waals surface area contributed by atoms with Crippen molar-refractivity contribution >= 4 is 11.7 Å². The Bertz CT molecular complexity index is 523. The Morgan fingerprint density at radius 3 is 2.67 bits per heavy atom. The number of allylic oxidation sites excluding steroid dienone is 2. The van der Waals surface area contributed by atoms with E-state index < -0.39 is 10.9 Å². The molecule has 0 N–H and O–H groups in total. The van der Waals surface area contributed by atoms with Crippen molar-refractivity contribution in [3.63, 3.8) is 0 Å². The molecule has 0 saturated carbocycles. The van der Waals surface area contributed by atoms with E-state index in [0.29, 0.717) is 18.3 Å². The zero-order valence-corrected chi connectivity index (χ0v) is 11.6. The molecule has 6 heteroatoms. The predicted molar refractivity (Wildman–Crippen MR) is 76.0 cm³/mol. The number of carbonyl (C=O) groups is 1. The van der Waals surface area contributed by atoms with E-state index in [1.165, 1.54) is 24.3 Å². The van der Waals surface area contributed by atoms with Crippen LogP contribution < -0.4 is 4.74 Å². The summed E-state index contributed by atoms with van der Waals surface area (Å²) in [5.41, 5.74) is -0.0183. The maximum atomic E-state index is 11.6. The van der Waals surface area contributed by atoms with Gasteiger partial charge in [0.25, 0.3) is 5.69 Å². The predicted octanol–water partition coefficient (Wildman–Crippen LogP) is 2.87. The quantitative estimate of drug-likeness (QED) is 0.348. The van der Waals surface area contributed by atoms with Crippen molar-refractivity contribution in [3.05, 3.63) is 46.5 Å². The molecule has 0 aromatic heterocycles. The number of benzene rings is 1. The average Bonchev–Trinajstić information content (AvgIpc) is 2.52. The topological polar surface area (TPSA) is 78.7 Å². The SMILES string of the molecule is O=C(COc1ccc([N+](=O)[O-])cc1)OCC1CC=CCC1. The highest BCUT2D eigenvalue weighted by Crippen LogP contribution is 2.19. The Balaban J connectivity index is 1.70. The normalized spacial score (nSPS) is 17.2. The molecule has 1 atom stereocenters. The van der Waals surface area contributed by atoms with Crippen LogP contribution >= 0.6 is 0 Å². The summed E-state index contributed by atoms with van der Waals surface area (Å²) >= 11 is 0. The fourth-order valence-electron chi connectivity index (χ4n) is 2.07. The van der Waals surface area contributed by atoms with Crippen LogP contribution in [-0.4, -0.2) is 24.1 Å². The van der Waals surface area contributed by atoms with Crippen molar-refractivity contribution in [1.82, 2.24) is 0 Å². The van der Waals surface area contributed by atoms with Gasteiger partial charge in [-0.2, -0.15) is 0 Å². The third kappa shape index (κ3) is 4.91. The lowest BCUT2D eigenvalue weighted by molar-refractivity contribution is -0.384. The standard InChI is InChI=1S/C15H17NO5/c17-15(21-10-12-4-2-1-3-5-12)11-20-14-8-6-13(7-9-14)16(18)19/h1-2,6-9,12H,3-5,10-11H2. The molecule has 1 aromatic rings. The fourth-order valence-corrected chi connectivity index (χ4v) is 2.07. The van der Waals surface area contributed by atoms with Crippen LogP contribution in [0.1, 0.15) is 19.3 Å². The van der Waals surface area contributed by atoms with E-state index in [2.05, 4.69) is 12.2 Å². The number of esters is 1. The zero-order valence-electron chi connectivity index (χ0n) is 11.6. The molecule has 2 rings (SSSR count). The van der Waals surface area contributed by atoms with Gasteiger partial charge in [-0.05, 0) is 37.3 Å². The van der Waals surface area contributed by atoms with Crippen LogP contribution in [-0.2, 0) is 9.53 Å². The number of nitro groups is 1. The van der Waals surface area contributed by atoms with E-state index in [1.54, 1.807) is 0 Å². The molecule has 1 unspecified atom stereocenters. The minimum atomic E-state index is -0.489. The minimum Gasteiger partial charge on any atom is -0.482 e. The van der Waals surface area contributed by atoms with Gasteiger partial charge in [-0.3, -0.25) is 10.1 Å². The summed E-state index contributed by atoms with van der Waals surface area (Å²) in [7, 11) is 0. The summed E-state index contributed by atoms with van der Waals surface area (Å²) in [5.74, 6) is 0.361. The van der Waals surface area contributed by atoms with Crippen molar-refractivity contribution in [1.29, 1.82) is 0 Å². The number of carbonyl (C=O) groups excluding carboxylic acids is 1. The maximum Gasteiger partial charge on any atom is 0.344 e. The molecule has 21 heavy (non-hydrogen) atoms. The first kappa shape index (κ1) is 15.0. The van der Waals surface area contributed by atoms with Gasteiger partial charge in [0, 0.05) is 12.1 Å². The van der Waals surface area contributed by atoms with E-state index >= 15 is 0 Å². The van der Waals surface area contributed by atoms with Crippen molar-refractivity contribution in [2.45, 2.75) is 19.3 Å². The van der Waals surface area contributed by atoms with E-state index in [1.807, 2.05) is 0 Å². The maximum absolute atomic E-state index is 11.6. The fraction of sp³-hybridized carbons (Fsp3) is 0.400. The molecule has 0 heterocycles. The van der Waals surface area contributed by atoms with Crippen LogP contribution in [0.15, 0.2) is 36.4 Å². The third-order valence-electron chi connectivity index (χ3n) is 3.26. The number of nitrogens with zero attached hydrogens (tertiary/aromatic N) is 1. The molecule has 0 fully saturated rings. The molecule has 0 bridgehead atoms. The van der Waals surface area contributed by atoms with E-state index in [-0.39, 0.29) is 12.3 Å². The van der Waals surface area contributed by atoms with Crippen molar-refractivity contribution < 1.29 is 19.2 Å². The lowest BCUT2D eigenvalue weighted by Gasteiger charge is -2.17. The molecule has 0 radical (unpaired) electrons. The Labute approximate surface area is 122 Å². The van der Waals surface area contributed by atoms with E-state index in [9.17, 15) is 14.9 Å². The van der Waals surface area contributed by atoms with Crippen molar-refractivity contribution in [3.8, 4) is 5.75 Å². The first-order valence-electron chi connectivity index (χ1n) is 6.83. The molecule has 0 aliphatic heterocycles. The summed E-state index contributed by atoms with van der Waals surface area (Å²) < 4.78 is 10.4. The number of ether oxygens (including phenoxy) is 2. The van der Waals surface area contributed by atoms with E-state index in [0.717, 1.165) is 19.3 Å². The van der Waals surface area contributed by atoms with Crippen LogP contribution in [0.25, 0.3) is 0 Å². The molecule has 0 amide bonds. The van der Waals surface area contributed by atoms with Gasteiger partial charge in [0.15, 0.2) is 6.61 Å².